The second kappa shape index (κ2) is 6.08. The van der Waals surface area contributed by atoms with Gasteiger partial charge in [0.15, 0.2) is 0 Å². The number of aliphatic hydroxyl groups is 1. The Bertz CT molecular complexity index is 449. The molecule has 1 aromatic carbocycles. The van der Waals surface area contributed by atoms with E-state index in [2.05, 4.69) is 4.74 Å². The summed E-state index contributed by atoms with van der Waals surface area (Å²) in [5.74, 6) is -0.803. The summed E-state index contributed by atoms with van der Waals surface area (Å²) in [6.07, 6.45) is -1.48. The zero-order chi connectivity index (χ0) is 13.7. The van der Waals surface area contributed by atoms with E-state index in [9.17, 15) is 20.0 Å². The quantitative estimate of drug-likeness (QED) is 0.449. The minimum Gasteiger partial charge on any atom is -0.465 e. The van der Waals surface area contributed by atoms with Gasteiger partial charge in [0, 0.05) is 6.07 Å². The van der Waals surface area contributed by atoms with Crippen molar-refractivity contribution in [2.75, 3.05) is 6.61 Å². The predicted octanol–water partition coefficient (Wildman–Crippen LogP) is 0.519. The summed E-state index contributed by atoms with van der Waals surface area (Å²) in [6.45, 7) is 1.72. The zero-order valence-electron chi connectivity index (χ0n) is 9.78. The summed E-state index contributed by atoms with van der Waals surface area (Å²) >= 11 is 0. The van der Waals surface area contributed by atoms with Gasteiger partial charge in [-0.05, 0) is 13.0 Å². The van der Waals surface area contributed by atoms with Crippen LogP contribution in [-0.4, -0.2) is 28.6 Å². The minimum absolute atomic E-state index is 0.0111. The molecule has 0 heterocycles. The third-order valence-corrected chi connectivity index (χ3v) is 2.35. The van der Waals surface area contributed by atoms with Crippen LogP contribution in [0.1, 0.15) is 18.6 Å². The molecule has 0 saturated heterocycles. The topological polar surface area (TPSA) is 116 Å². The van der Waals surface area contributed by atoms with Gasteiger partial charge in [-0.2, -0.15) is 0 Å². The van der Waals surface area contributed by atoms with Crippen LogP contribution in [0.4, 0.5) is 5.69 Å². The van der Waals surface area contributed by atoms with E-state index in [1.54, 1.807) is 6.92 Å². The van der Waals surface area contributed by atoms with Crippen molar-refractivity contribution < 1.29 is 19.6 Å². The highest BCUT2D eigenvalue weighted by atomic mass is 16.6. The Labute approximate surface area is 103 Å². The van der Waals surface area contributed by atoms with Crippen molar-refractivity contribution in [3.8, 4) is 0 Å². The summed E-state index contributed by atoms with van der Waals surface area (Å²) in [6, 6.07) is 4.21. The van der Waals surface area contributed by atoms with E-state index >= 15 is 0 Å². The molecule has 1 aromatic rings. The molecule has 18 heavy (non-hydrogen) atoms. The van der Waals surface area contributed by atoms with Crippen LogP contribution in [0.3, 0.4) is 0 Å². The van der Waals surface area contributed by atoms with E-state index in [0.29, 0.717) is 0 Å². The average Bonchev–Trinajstić information content (AvgIpc) is 2.37. The second-order valence-electron chi connectivity index (χ2n) is 3.54. The molecule has 98 valence electrons. The number of carbonyl (C=O) groups excluding carboxylic acids is 1. The number of hydrogen-bond donors (Lipinski definition) is 2. The number of nitro groups is 1. The van der Waals surface area contributed by atoms with E-state index in [0.717, 1.165) is 0 Å². The summed E-state index contributed by atoms with van der Waals surface area (Å²) in [4.78, 5) is 21.5. The molecule has 2 atom stereocenters. The number of aliphatic hydroxyl groups excluding tert-OH is 1. The zero-order valence-corrected chi connectivity index (χ0v) is 9.78. The number of carbonyl (C=O) groups is 1. The van der Waals surface area contributed by atoms with Crippen molar-refractivity contribution in [1.82, 2.24) is 0 Å². The van der Waals surface area contributed by atoms with Crippen LogP contribution < -0.4 is 5.73 Å². The number of nitrogens with two attached hydrogens (primary N) is 1. The fraction of sp³-hybridized carbons (Fsp3) is 0.364. The number of benzene rings is 1. The van der Waals surface area contributed by atoms with E-state index < -0.39 is 23.0 Å². The fourth-order valence-corrected chi connectivity index (χ4v) is 1.46. The SMILES string of the molecule is CCOC(=O)C(N)C(O)c1ccccc1[N+](=O)[O-]. The molecule has 2 unspecified atom stereocenters. The molecule has 0 aliphatic carbocycles. The first-order chi connectivity index (χ1) is 8.49. The molecule has 1 rings (SSSR count). The minimum atomic E-state index is -1.48. The number of hydrogen-bond acceptors (Lipinski definition) is 6. The summed E-state index contributed by atoms with van der Waals surface area (Å²) in [5, 5.41) is 20.7. The summed E-state index contributed by atoms with van der Waals surface area (Å²) in [7, 11) is 0. The number of nitro benzene ring substituents is 1. The van der Waals surface area contributed by atoms with Crippen LogP contribution in [0, 0.1) is 10.1 Å². The standard InChI is InChI=1S/C11H14N2O5/c1-2-18-11(15)9(12)10(14)7-5-3-4-6-8(7)13(16)17/h3-6,9-10,14H,2,12H2,1H3. The van der Waals surface area contributed by atoms with Crippen molar-refractivity contribution in [2.45, 2.75) is 19.1 Å². The summed E-state index contributed by atoms with van der Waals surface area (Å²) in [5.41, 5.74) is 5.20. The number of esters is 1. The van der Waals surface area contributed by atoms with Crippen LogP contribution in [-0.2, 0) is 9.53 Å². The molecule has 7 nitrogen and oxygen atoms in total. The normalized spacial score (nSPS) is 13.7. The maximum absolute atomic E-state index is 11.4. The van der Waals surface area contributed by atoms with E-state index in [1.807, 2.05) is 0 Å². The van der Waals surface area contributed by atoms with Crippen molar-refractivity contribution in [3.63, 3.8) is 0 Å². The first-order valence-corrected chi connectivity index (χ1v) is 5.32. The maximum atomic E-state index is 11.4. The largest absolute Gasteiger partial charge is 0.465 e. The summed E-state index contributed by atoms with van der Waals surface area (Å²) < 4.78 is 4.65. The van der Waals surface area contributed by atoms with E-state index in [-0.39, 0.29) is 17.9 Å². The van der Waals surface area contributed by atoms with Crippen molar-refractivity contribution in [1.29, 1.82) is 0 Å². The Morgan fingerprint density at radius 1 is 1.56 bits per heavy atom. The first-order valence-electron chi connectivity index (χ1n) is 5.32. The maximum Gasteiger partial charge on any atom is 0.325 e. The molecule has 0 bridgehead atoms. The Kier molecular flexibility index (Phi) is 4.75. The highest BCUT2D eigenvalue weighted by Gasteiger charge is 2.30. The van der Waals surface area contributed by atoms with Crippen LogP contribution in [0.2, 0.25) is 0 Å². The average molecular weight is 254 g/mol. The third-order valence-electron chi connectivity index (χ3n) is 2.35. The van der Waals surface area contributed by atoms with Gasteiger partial charge in [-0.15, -0.1) is 0 Å². The van der Waals surface area contributed by atoms with Gasteiger partial charge in [0.1, 0.15) is 12.1 Å². The van der Waals surface area contributed by atoms with Gasteiger partial charge in [-0.3, -0.25) is 14.9 Å². The lowest BCUT2D eigenvalue weighted by Crippen LogP contribution is -2.38. The molecule has 0 aliphatic heterocycles. The number of para-hydroxylation sites is 1. The smallest absolute Gasteiger partial charge is 0.325 e. The Hall–Kier alpha value is -1.99. The van der Waals surface area contributed by atoms with Gasteiger partial charge < -0.3 is 15.6 Å². The van der Waals surface area contributed by atoms with Gasteiger partial charge in [-0.25, -0.2) is 0 Å². The van der Waals surface area contributed by atoms with Crippen molar-refractivity contribution in [2.24, 2.45) is 5.73 Å². The lowest BCUT2D eigenvalue weighted by molar-refractivity contribution is -0.386. The van der Waals surface area contributed by atoms with Gasteiger partial charge >= 0.3 is 5.97 Å². The number of nitrogens with zero attached hydrogens (tertiary/aromatic N) is 1. The molecule has 7 heteroatoms. The van der Waals surface area contributed by atoms with Gasteiger partial charge in [0.05, 0.1) is 17.1 Å². The molecule has 0 aromatic heterocycles. The molecule has 0 spiro atoms. The van der Waals surface area contributed by atoms with Crippen LogP contribution >= 0.6 is 0 Å². The molecule has 0 saturated carbocycles. The number of ether oxygens (including phenoxy) is 1. The van der Waals surface area contributed by atoms with Gasteiger partial charge in [0.25, 0.3) is 5.69 Å². The second-order valence-corrected chi connectivity index (χ2v) is 3.54. The molecule has 0 amide bonds. The van der Waals surface area contributed by atoms with Crippen molar-refractivity contribution in [3.05, 3.63) is 39.9 Å². The van der Waals surface area contributed by atoms with Gasteiger partial charge in [-0.1, -0.05) is 12.1 Å². The lowest BCUT2D eigenvalue weighted by Gasteiger charge is -2.17. The molecular formula is C11H14N2O5. The highest BCUT2D eigenvalue weighted by Crippen LogP contribution is 2.26. The van der Waals surface area contributed by atoms with E-state index in [1.165, 1.54) is 24.3 Å². The van der Waals surface area contributed by atoms with E-state index in [4.69, 9.17) is 5.73 Å². The van der Waals surface area contributed by atoms with Gasteiger partial charge in [0.2, 0.25) is 0 Å². The monoisotopic (exact) mass is 254 g/mol. The Balaban J connectivity index is 2.99. The third kappa shape index (κ3) is 3.02. The molecule has 3 N–H and O–H groups in total. The van der Waals surface area contributed by atoms with Crippen molar-refractivity contribution >= 4 is 11.7 Å². The predicted molar refractivity (Wildman–Crippen MR) is 62.7 cm³/mol. The molecule has 0 fully saturated rings. The molecular weight excluding hydrogens is 240 g/mol. The fourth-order valence-electron chi connectivity index (χ4n) is 1.46. The first kappa shape index (κ1) is 14.1. The van der Waals surface area contributed by atoms with Crippen LogP contribution in [0.25, 0.3) is 0 Å². The van der Waals surface area contributed by atoms with Crippen LogP contribution in [0.5, 0.6) is 0 Å². The Morgan fingerprint density at radius 3 is 2.72 bits per heavy atom. The highest BCUT2D eigenvalue weighted by molar-refractivity contribution is 5.76. The molecule has 0 aliphatic rings. The Morgan fingerprint density at radius 2 is 2.17 bits per heavy atom. The van der Waals surface area contributed by atoms with Crippen LogP contribution in [0.15, 0.2) is 24.3 Å². The molecule has 0 radical (unpaired) electrons. The number of rotatable bonds is 5. The lowest BCUT2D eigenvalue weighted by atomic mass is 10.0.